The molecule has 1 aliphatic heterocycles. The minimum absolute atomic E-state index is 0.0550. The SMILES string of the molecule is COc1cccc(CC2CNC(=O)c3cc(-c4cccc5ccc(Cl)nc45)[nH]c32)c1. The highest BCUT2D eigenvalue weighted by molar-refractivity contribution is 6.29. The van der Waals surface area contributed by atoms with Gasteiger partial charge in [0.1, 0.15) is 10.9 Å². The molecule has 5 rings (SSSR count). The molecule has 1 atom stereocenters. The Hall–Kier alpha value is -3.31. The molecule has 3 heterocycles. The molecule has 0 bridgehead atoms. The molecule has 30 heavy (non-hydrogen) atoms. The average Bonchev–Trinajstić information content (AvgIpc) is 3.22. The first kappa shape index (κ1) is 18.7. The maximum Gasteiger partial charge on any atom is 0.253 e. The predicted molar refractivity (Wildman–Crippen MR) is 118 cm³/mol. The van der Waals surface area contributed by atoms with Crippen LogP contribution in [0.3, 0.4) is 0 Å². The lowest BCUT2D eigenvalue weighted by Crippen LogP contribution is -2.35. The zero-order valence-electron chi connectivity index (χ0n) is 16.4. The highest BCUT2D eigenvalue weighted by Crippen LogP contribution is 2.34. The van der Waals surface area contributed by atoms with E-state index in [1.807, 2.05) is 48.5 Å². The van der Waals surface area contributed by atoms with Crippen molar-refractivity contribution in [2.24, 2.45) is 0 Å². The van der Waals surface area contributed by atoms with Gasteiger partial charge in [0.05, 0.1) is 18.2 Å². The van der Waals surface area contributed by atoms with Gasteiger partial charge in [-0.25, -0.2) is 4.98 Å². The number of H-pyrrole nitrogens is 1. The summed E-state index contributed by atoms with van der Waals surface area (Å²) >= 11 is 6.14. The van der Waals surface area contributed by atoms with E-state index in [4.69, 9.17) is 16.3 Å². The number of carbonyl (C=O) groups is 1. The maximum atomic E-state index is 12.6. The number of para-hydroxylation sites is 1. The Labute approximate surface area is 179 Å². The van der Waals surface area contributed by atoms with Gasteiger partial charge in [0, 0.05) is 34.8 Å². The Morgan fingerprint density at radius 1 is 1.10 bits per heavy atom. The number of hydrogen-bond acceptors (Lipinski definition) is 3. The molecule has 0 spiro atoms. The van der Waals surface area contributed by atoms with E-state index in [0.29, 0.717) is 17.3 Å². The van der Waals surface area contributed by atoms with Crippen molar-refractivity contribution in [1.29, 1.82) is 0 Å². The average molecular weight is 418 g/mol. The number of carbonyl (C=O) groups excluding carboxylic acids is 1. The minimum Gasteiger partial charge on any atom is -0.497 e. The summed E-state index contributed by atoms with van der Waals surface area (Å²) < 4.78 is 5.35. The second-order valence-corrected chi connectivity index (χ2v) is 7.87. The van der Waals surface area contributed by atoms with Crippen LogP contribution in [0.1, 0.15) is 27.5 Å². The van der Waals surface area contributed by atoms with E-state index in [9.17, 15) is 4.79 Å². The van der Waals surface area contributed by atoms with Crippen LogP contribution in [0.5, 0.6) is 5.75 Å². The van der Waals surface area contributed by atoms with Crippen molar-refractivity contribution in [3.8, 4) is 17.0 Å². The van der Waals surface area contributed by atoms with Crippen LogP contribution in [0.2, 0.25) is 5.15 Å². The number of benzene rings is 2. The molecule has 1 aliphatic rings. The molecule has 0 fully saturated rings. The second-order valence-electron chi connectivity index (χ2n) is 7.48. The van der Waals surface area contributed by atoms with Gasteiger partial charge in [-0.2, -0.15) is 0 Å². The molecule has 2 aromatic heterocycles. The molecule has 0 saturated carbocycles. The Morgan fingerprint density at radius 2 is 1.97 bits per heavy atom. The van der Waals surface area contributed by atoms with Gasteiger partial charge in [-0.15, -0.1) is 0 Å². The van der Waals surface area contributed by atoms with E-state index >= 15 is 0 Å². The smallest absolute Gasteiger partial charge is 0.253 e. The summed E-state index contributed by atoms with van der Waals surface area (Å²) in [5.41, 5.74) is 5.41. The number of aromatic nitrogens is 2. The number of aromatic amines is 1. The summed E-state index contributed by atoms with van der Waals surface area (Å²) in [5, 5.41) is 4.47. The summed E-state index contributed by atoms with van der Waals surface area (Å²) in [4.78, 5) is 20.6. The number of methoxy groups -OCH3 is 1. The largest absolute Gasteiger partial charge is 0.497 e. The number of rotatable bonds is 4. The maximum absolute atomic E-state index is 12.6. The Kier molecular flexibility index (Phi) is 4.68. The van der Waals surface area contributed by atoms with Crippen LogP contribution in [0.25, 0.3) is 22.2 Å². The van der Waals surface area contributed by atoms with Crippen molar-refractivity contribution < 1.29 is 9.53 Å². The van der Waals surface area contributed by atoms with Gasteiger partial charge in [0.25, 0.3) is 5.91 Å². The quantitative estimate of drug-likeness (QED) is 0.461. The van der Waals surface area contributed by atoms with Crippen LogP contribution < -0.4 is 10.1 Å². The zero-order chi connectivity index (χ0) is 20.7. The van der Waals surface area contributed by atoms with Crippen LogP contribution in [0, 0.1) is 0 Å². The molecular formula is C24H20ClN3O2. The molecule has 0 radical (unpaired) electrons. The van der Waals surface area contributed by atoms with Crippen LogP contribution in [0.4, 0.5) is 0 Å². The molecule has 5 nitrogen and oxygen atoms in total. The number of fused-ring (bicyclic) bond motifs is 2. The van der Waals surface area contributed by atoms with Gasteiger partial charge in [-0.1, -0.05) is 41.9 Å². The molecule has 0 saturated heterocycles. The number of nitrogens with one attached hydrogen (secondary N) is 2. The van der Waals surface area contributed by atoms with Crippen molar-refractivity contribution >= 4 is 28.4 Å². The van der Waals surface area contributed by atoms with E-state index in [1.54, 1.807) is 13.2 Å². The lowest BCUT2D eigenvalue weighted by molar-refractivity contribution is 0.0940. The highest BCUT2D eigenvalue weighted by atomic mass is 35.5. The Balaban J connectivity index is 1.56. The van der Waals surface area contributed by atoms with Crippen molar-refractivity contribution in [2.75, 3.05) is 13.7 Å². The van der Waals surface area contributed by atoms with Crippen LogP contribution >= 0.6 is 11.6 Å². The normalized spacial score (nSPS) is 15.7. The molecule has 1 unspecified atom stereocenters. The molecule has 2 aromatic carbocycles. The van der Waals surface area contributed by atoms with Gasteiger partial charge in [0.15, 0.2) is 0 Å². The van der Waals surface area contributed by atoms with Gasteiger partial charge < -0.3 is 15.0 Å². The van der Waals surface area contributed by atoms with Gasteiger partial charge in [-0.05, 0) is 42.3 Å². The first-order valence-corrected chi connectivity index (χ1v) is 10.2. The molecule has 150 valence electrons. The number of amides is 1. The molecule has 0 aliphatic carbocycles. The van der Waals surface area contributed by atoms with Crippen molar-refractivity contribution in [3.63, 3.8) is 0 Å². The number of pyridine rings is 1. The van der Waals surface area contributed by atoms with E-state index in [0.717, 1.165) is 45.6 Å². The third kappa shape index (κ3) is 3.31. The third-order valence-corrected chi connectivity index (χ3v) is 5.81. The van der Waals surface area contributed by atoms with Gasteiger partial charge >= 0.3 is 0 Å². The number of ether oxygens (including phenoxy) is 1. The summed E-state index contributed by atoms with van der Waals surface area (Å²) in [5.74, 6) is 0.921. The first-order chi connectivity index (χ1) is 14.6. The summed E-state index contributed by atoms with van der Waals surface area (Å²) in [7, 11) is 1.67. The fourth-order valence-electron chi connectivity index (χ4n) is 4.14. The molecule has 2 N–H and O–H groups in total. The van der Waals surface area contributed by atoms with E-state index in [-0.39, 0.29) is 11.8 Å². The van der Waals surface area contributed by atoms with Crippen LogP contribution in [-0.2, 0) is 6.42 Å². The van der Waals surface area contributed by atoms with E-state index in [1.165, 1.54) is 0 Å². The van der Waals surface area contributed by atoms with E-state index in [2.05, 4.69) is 21.4 Å². The monoisotopic (exact) mass is 417 g/mol. The highest BCUT2D eigenvalue weighted by Gasteiger charge is 2.28. The second kappa shape index (κ2) is 7.50. The van der Waals surface area contributed by atoms with Crippen LogP contribution in [0.15, 0.2) is 60.7 Å². The van der Waals surface area contributed by atoms with Gasteiger partial charge in [0.2, 0.25) is 0 Å². The van der Waals surface area contributed by atoms with Crippen molar-refractivity contribution in [3.05, 3.63) is 82.6 Å². The lowest BCUT2D eigenvalue weighted by atomic mass is 9.91. The topological polar surface area (TPSA) is 67.0 Å². The fourth-order valence-corrected chi connectivity index (χ4v) is 4.28. The fraction of sp³-hybridized carbons (Fsp3) is 0.167. The molecule has 1 amide bonds. The molecule has 6 heteroatoms. The summed E-state index contributed by atoms with van der Waals surface area (Å²) in [6.07, 6.45) is 0.796. The number of nitrogens with zero attached hydrogens (tertiary/aromatic N) is 1. The molecular weight excluding hydrogens is 398 g/mol. The Bertz CT molecular complexity index is 1260. The van der Waals surface area contributed by atoms with Crippen molar-refractivity contribution in [1.82, 2.24) is 15.3 Å². The predicted octanol–water partition coefficient (Wildman–Crippen LogP) is 4.96. The lowest BCUT2D eigenvalue weighted by Gasteiger charge is -2.23. The standard InChI is InChI=1S/C24H20ClN3O2/c1-30-17-6-2-4-14(11-17)10-16-13-26-24(29)19-12-20(27-23(16)19)18-7-3-5-15-8-9-21(25)28-22(15)18/h2-9,11-12,16,27H,10,13H2,1H3,(H,26,29). The third-order valence-electron chi connectivity index (χ3n) is 5.60. The zero-order valence-corrected chi connectivity index (χ0v) is 17.2. The summed E-state index contributed by atoms with van der Waals surface area (Å²) in [6.45, 7) is 0.586. The van der Waals surface area contributed by atoms with E-state index < -0.39 is 0 Å². The Morgan fingerprint density at radius 3 is 2.83 bits per heavy atom. The minimum atomic E-state index is -0.0550. The van der Waals surface area contributed by atoms with Crippen LogP contribution in [-0.4, -0.2) is 29.5 Å². The summed E-state index contributed by atoms with van der Waals surface area (Å²) in [6, 6.07) is 19.7. The number of hydrogen-bond donors (Lipinski definition) is 2. The number of halogens is 1. The van der Waals surface area contributed by atoms with Crippen molar-refractivity contribution in [2.45, 2.75) is 12.3 Å². The first-order valence-electron chi connectivity index (χ1n) is 9.82. The molecule has 4 aromatic rings. The van der Waals surface area contributed by atoms with Gasteiger partial charge in [-0.3, -0.25) is 4.79 Å².